The second-order valence-corrected chi connectivity index (χ2v) is 2.12. The number of primary amides is 1. The SMILES string of the molecule is C=C(COCCNC)C(N)=O. The first-order valence-electron chi connectivity index (χ1n) is 3.38. The Labute approximate surface area is 66.4 Å². The molecule has 3 N–H and O–H groups in total. The Morgan fingerprint density at radius 3 is 2.82 bits per heavy atom. The molecular weight excluding hydrogens is 144 g/mol. The van der Waals surface area contributed by atoms with E-state index >= 15 is 0 Å². The minimum atomic E-state index is -0.505. The van der Waals surface area contributed by atoms with Crippen molar-refractivity contribution in [3.8, 4) is 0 Å². The van der Waals surface area contributed by atoms with Gasteiger partial charge in [-0.1, -0.05) is 6.58 Å². The molecule has 0 fully saturated rings. The molecule has 4 nitrogen and oxygen atoms in total. The maximum atomic E-state index is 10.4. The molecule has 0 heterocycles. The Morgan fingerprint density at radius 1 is 1.73 bits per heavy atom. The summed E-state index contributed by atoms with van der Waals surface area (Å²) < 4.78 is 5.03. The Kier molecular flexibility index (Phi) is 5.42. The number of hydrogen-bond acceptors (Lipinski definition) is 3. The van der Waals surface area contributed by atoms with Crippen LogP contribution in [0.3, 0.4) is 0 Å². The van der Waals surface area contributed by atoms with Crippen LogP contribution in [0.2, 0.25) is 0 Å². The van der Waals surface area contributed by atoms with Gasteiger partial charge in [-0.3, -0.25) is 4.79 Å². The van der Waals surface area contributed by atoms with E-state index in [0.29, 0.717) is 12.2 Å². The van der Waals surface area contributed by atoms with Gasteiger partial charge in [-0.15, -0.1) is 0 Å². The molecule has 0 aliphatic rings. The first-order chi connectivity index (χ1) is 5.18. The van der Waals surface area contributed by atoms with Gasteiger partial charge >= 0.3 is 0 Å². The number of carbonyl (C=O) groups is 1. The largest absolute Gasteiger partial charge is 0.375 e. The van der Waals surface area contributed by atoms with Crippen LogP contribution in [-0.2, 0) is 9.53 Å². The molecule has 4 heteroatoms. The fraction of sp³-hybridized carbons (Fsp3) is 0.571. The summed E-state index contributed by atoms with van der Waals surface area (Å²) in [6, 6.07) is 0. The highest BCUT2D eigenvalue weighted by Gasteiger charge is 1.99. The van der Waals surface area contributed by atoms with E-state index in [1.54, 1.807) is 0 Å². The van der Waals surface area contributed by atoms with Crippen LogP contribution >= 0.6 is 0 Å². The van der Waals surface area contributed by atoms with Crippen molar-refractivity contribution in [1.29, 1.82) is 0 Å². The van der Waals surface area contributed by atoms with E-state index in [0.717, 1.165) is 6.54 Å². The second kappa shape index (κ2) is 5.88. The average Bonchev–Trinajstić information content (AvgIpc) is 1.97. The van der Waals surface area contributed by atoms with Crippen LogP contribution in [0.5, 0.6) is 0 Å². The van der Waals surface area contributed by atoms with Crippen LogP contribution in [0.1, 0.15) is 0 Å². The number of rotatable bonds is 6. The van der Waals surface area contributed by atoms with Crippen molar-refractivity contribution in [1.82, 2.24) is 5.32 Å². The Hall–Kier alpha value is -0.870. The third-order valence-corrected chi connectivity index (χ3v) is 1.12. The minimum Gasteiger partial charge on any atom is -0.375 e. The van der Waals surface area contributed by atoms with Crippen molar-refractivity contribution in [2.45, 2.75) is 0 Å². The van der Waals surface area contributed by atoms with Gasteiger partial charge in [0, 0.05) is 12.1 Å². The molecule has 64 valence electrons. The lowest BCUT2D eigenvalue weighted by molar-refractivity contribution is -0.115. The minimum absolute atomic E-state index is 0.219. The number of amides is 1. The predicted octanol–water partition coefficient (Wildman–Crippen LogP) is -0.736. The van der Waals surface area contributed by atoms with Crippen LogP contribution in [-0.4, -0.2) is 32.7 Å². The van der Waals surface area contributed by atoms with E-state index in [1.165, 1.54) is 0 Å². The zero-order chi connectivity index (χ0) is 8.69. The Bertz CT molecular complexity index is 145. The first-order valence-corrected chi connectivity index (χ1v) is 3.38. The van der Waals surface area contributed by atoms with Gasteiger partial charge in [0.15, 0.2) is 0 Å². The lowest BCUT2D eigenvalue weighted by atomic mass is 10.3. The highest BCUT2D eigenvalue weighted by molar-refractivity contribution is 5.91. The highest BCUT2D eigenvalue weighted by Crippen LogP contribution is 1.88. The molecule has 0 saturated carbocycles. The molecule has 0 aliphatic heterocycles. The molecule has 0 unspecified atom stereocenters. The van der Waals surface area contributed by atoms with Crippen LogP contribution in [0, 0.1) is 0 Å². The molecule has 0 aliphatic carbocycles. The zero-order valence-electron chi connectivity index (χ0n) is 6.72. The van der Waals surface area contributed by atoms with Crippen LogP contribution in [0.15, 0.2) is 12.2 Å². The van der Waals surface area contributed by atoms with Crippen LogP contribution < -0.4 is 11.1 Å². The molecular formula is C7H14N2O2. The summed E-state index contributed by atoms with van der Waals surface area (Å²) in [5, 5.41) is 2.90. The molecule has 0 bridgehead atoms. The molecule has 1 amide bonds. The van der Waals surface area contributed by atoms with Crippen LogP contribution in [0.25, 0.3) is 0 Å². The fourth-order valence-electron chi connectivity index (χ4n) is 0.441. The van der Waals surface area contributed by atoms with Crippen molar-refractivity contribution in [3.05, 3.63) is 12.2 Å². The monoisotopic (exact) mass is 158 g/mol. The molecule has 0 aromatic carbocycles. The molecule has 0 saturated heterocycles. The third-order valence-electron chi connectivity index (χ3n) is 1.12. The maximum Gasteiger partial charge on any atom is 0.246 e. The smallest absolute Gasteiger partial charge is 0.246 e. The summed E-state index contributed by atoms with van der Waals surface area (Å²) in [6.45, 7) is 4.97. The molecule has 0 rings (SSSR count). The lowest BCUT2D eigenvalue weighted by Crippen LogP contribution is -2.20. The van der Waals surface area contributed by atoms with Gasteiger partial charge in [-0.25, -0.2) is 0 Å². The van der Waals surface area contributed by atoms with E-state index in [-0.39, 0.29) is 6.61 Å². The first kappa shape index (κ1) is 10.1. The molecule has 0 aromatic heterocycles. The van der Waals surface area contributed by atoms with E-state index in [4.69, 9.17) is 10.5 Å². The fourth-order valence-corrected chi connectivity index (χ4v) is 0.441. The van der Waals surface area contributed by atoms with Crippen molar-refractivity contribution in [3.63, 3.8) is 0 Å². The third kappa shape index (κ3) is 5.57. The van der Waals surface area contributed by atoms with Crippen molar-refractivity contribution in [2.75, 3.05) is 26.8 Å². The summed E-state index contributed by atoms with van der Waals surface area (Å²) >= 11 is 0. The van der Waals surface area contributed by atoms with Crippen molar-refractivity contribution >= 4 is 5.91 Å². The summed E-state index contributed by atoms with van der Waals surface area (Å²) in [5.41, 5.74) is 5.22. The van der Waals surface area contributed by atoms with E-state index in [1.807, 2.05) is 7.05 Å². The maximum absolute atomic E-state index is 10.4. The normalized spacial score (nSPS) is 9.55. The van der Waals surface area contributed by atoms with Gasteiger partial charge in [0.25, 0.3) is 0 Å². The molecule has 0 atom stereocenters. The van der Waals surface area contributed by atoms with E-state index < -0.39 is 5.91 Å². The molecule has 11 heavy (non-hydrogen) atoms. The molecule has 0 aromatic rings. The van der Waals surface area contributed by atoms with Gasteiger partial charge in [-0.2, -0.15) is 0 Å². The Balaban J connectivity index is 3.25. The predicted molar refractivity (Wildman–Crippen MR) is 43.1 cm³/mol. The molecule has 0 spiro atoms. The number of hydrogen-bond donors (Lipinski definition) is 2. The number of likely N-dealkylation sites (N-methyl/N-ethyl adjacent to an activating group) is 1. The number of nitrogens with two attached hydrogens (primary N) is 1. The van der Waals surface area contributed by atoms with Crippen molar-refractivity contribution in [2.24, 2.45) is 5.73 Å². The summed E-state index contributed by atoms with van der Waals surface area (Å²) in [7, 11) is 1.83. The zero-order valence-corrected chi connectivity index (χ0v) is 6.72. The van der Waals surface area contributed by atoms with Gasteiger partial charge < -0.3 is 15.8 Å². The number of carbonyl (C=O) groups excluding carboxylic acids is 1. The van der Waals surface area contributed by atoms with E-state index in [9.17, 15) is 4.79 Å². The quantitative estimate of drug-likeness (QED) is 0.395. The topological polar surface area (TPSA) is 64.3 Å². The van der Waals surface area contributed by atoms with E-state index in [2.05, 4.69) is 11.9 Å². The standard InChI is InChI=1S/C7H14N2O2/c1-6(7(8)10)5-11-4-3-9-2/h9H,1,3-5H2,2H3,(H2,8,10). The lowest BCUT2D eigenvalue weighted by Gasteiger charge is -2.02. The second-order valence-electron chi connectivity index (χ2n) is 2.12. The number of nitrogens with one attached hydrogen (secondary N) is 1. The highest BCUT2D eigenvalue weighted by atomic mass is 16.5. The summed E-state index contributed by atoms with van der Waals surface area (Å²) in [4.78, 5) is 10.4. The Morgan fingerprint density at radius 2 is 2.36 bits per heavy atom. The number of ether oxygens (including phenoxy) is 1. The van der Waals surface area contributed by atoms with Gasteiger partial charge in [0.05, 0.1) is 13.2 Å². The summed E-state index contributed by atoms with van der Waals surface area (Å²) in [5.74, 6) is -0.505. The summed E-state index contributed by atoms with van der Waals surface area (Å²) in [6.07, 6.45) is 0. The van der Waals surface area contributed by atoms with Crippen molar-refractivity contribution < 1.29 is 9.53 Å². The van der Waals surface area contributed by atoms with Crippen LogP contribution in [0.4, 0.5) is 0 Å². The van der Waals surface area contributed by atoms with Gasteiger partial charge in [-0.05, 0) is 7.05 Å². The van der Waals surface area contributed by atoms with Gasteiger partial charge in [0.2, 0.25) is 5.91 Å². The molecule has 0 radical (unpaired) electrons. The average molecular weight is 158 g/mol. The van der Waals surface area contributed by atoms with Gasteiger partial charge in [0.1, 0.15) is 0 Å².